The Morgan fingerprint density at radius 2 is 1.95 bits per heavy atom. The normalized spacial score (nSPS) is 15.8. The summed E-state index contributed by atoms with van der Waals surface area (Å²) in [5, 5.41) is 4.17. The molecule has 0 N–H and O–H groups in total. The number of ether oxygens (including phenoxy) is 1. The summed E-state index contributed by atoms with van der Waals surface area (Å²) in [5.74, 6) is -0.201. The molecule has 4 nitrogen and oxygen atoms in total. The van der Waals surface area contributed by atoms with Gasteiger partial charge in [-0.3, -0.25) is 4.68 Å². The first-order chi connectivity index (χ1) is 10.3. The van der Waals surface area contributed by atoms with Crippen molar-refractivity contribution >= 4 is 5.97 Å². The van der Waals surface area contributed by atoms with Crippen molar-refractivity contribution in [1.29, 1.82) is 0 Å². The SMILES string of the molecule is O=C(OC1CCCCC1)c1ccc(Cn2cccn2)cc1. The lowest BCUT2D eigenvalue weighted by atomic mass is 9.98. The van der Waals surface area contributed by atoms with Gasteiger partial charge in [0.1, 0.15) is 6.10 Å². The van der Waals surface area contributed by atoms with Crippen molar-refractivity contribution in [2.45, 2.75) is 44.8 Å². The lowest BCUT2D eigenvalue weighted by Gasteiger charge is -2.21. The lowest BCUT2D eigenvalue weighted by molar-refractivity contribution is 0.0211. The molecule has 0 spiro atoms. The molecule has 0 bridgehead atoms. The second-order valence-electron chi connectivity index (χ2n) is 5.57. The summed E-state index contributed by atoms with van der Waals surface area (Å²) in [6, 6.07) is 9.49. The van der Waals surface area contributed by atoms with Crippen LogP contribution in [-0.4, -0.2) is 21.9 Å². The number of aromatic nitrogens is 2. The number of hydrogen-bond donors (Lipinski definition) is 0. The average Bonchev–Trinajstić information content (AvgIpc) is 3.02. The number of nitrogens with zero attached hydrogens (tertiary/aromatic N) is 2. The van der Waals surface area contributed by atoms with Gasteiger partial charge in [0.05, 0.1) is 12.1 Å². The van der Waals surface area contributed by atoms with Crippen LogP contribution in [0.5, 0.6) is 0 Å². The van der Waals surface area contributed by atoms with E-state index in [2.05, 4.69) is 5.10 Å². The van der Waals surface area contributed by atoms with E-state index in [-0.39, 0.29) is 12.1 Å². The van der Waals surface area contributed by atoms with E-state index in [0.29, 0.717) is 12.1 Å². The van der Waals surface area contributed by atoms with Gasteiger partial charge >= 0.3 is 5.97 Å². The van der Waals surface area contributed by atoms with Crippen molar-refractivity contribution in [2.75, 3.05) is 0 Å². The zero-order chi connectivity index (χ0) is 14.5. The van der Waals surface area contributed by atoms with E-state index in [1.807, 2.05) is 41.2 Å². The first kappa shape index (κ1) is 13.9. The quantitative estimate of drug-likeness (QED) is 0.808. The van der Waals surface area contributed by atoms with Gasteiger partial charge in [-0.05, 0) is 49.4 Å². The second kappa shape index (κ2) is 6.57. The van der Waals surface area contributed by atoms with Gasteiger partial charge in [0.2, 0.25) is 0 Å². The summed E-state index contributed by atoms with van der Waals surface area (Å²) >= 11 is 0. The van der Waals surface area contributed by atoms with Crippen LogP contribution in [0.25, 0.3) is 0 Å². The van der Waals surface area contributed by atoms with Crippen molar-refractivity contribution in [3.8, 4) is 0 Å². The Labute approximate surface area is 124 Å². The van der Waals surface area contributed by atoms with Crippen LogP contribution < -0.4 is 0 Å². The summed E-state index contributed by atoms with van der Waals surface area (Å²) in [6.45, 7) is 0.713. The fourth-order valence-corrected chi connectivity index (χ4v) is 2.73. The van der Waals surface area contributed by atoms with Crippen LogP contribution in [0.1, 0.15) is 48.0 Å². The molecule has 0 saturated heterocycles. The molecular formula is C17H20N2O2. The fourth-order valence-electron chi connectivity index (χ4n) is 2.73. The minimum absolute atomic E-state index is 0.106. The molecule has 1 heterocycles. The fraction of sp³-hybridized carbons (Fsp3) is 0.412. The zero-order valence-corrected chi connectivity index (χ0v) is 12.1. The van der Waals surface area contributed by atoms with Gasteiger partial charge in [-0.15, -0.1) is 0 Å². The van der Waals surface area contributed by atoms with Gasteiger partial charge < -0.3 is 4.74 Å². The maximum absolute atomic E-state index is 12.1. The maximum atomic E-state index is 12.1. The summed E-state index contributed by atoms with van der Waals surface area (Å²) in [4.78, 5) is 12.1. The Morgan fingerprint density at radius 1 is 1.19 bits per heavy atom. The minimum Gasteiger partial charge on any atom is -0.459 e. The molecule has 2 aromatic rings. The highest BCUT2D eigenvalue weighted by molar-refractivity contribution is 5.89. The average molecular weight is 284 g/mol. The molecule has 0 amide bonds. The molecule has 0 radical (unpaired) electrons. The molecule has 0 unspecified atom stereocenters. The van der Waals surface area contributed by atoms with Crippen molar-refractivity contribution < 1.29 is 9.53 Å². The van der Waals surface area contributed by atoms with Crippen molar-refractivity contribution in [1.82, 2.24) is 9.78 Å². The molecule has 0 aliphatic heterocycles. The molecular weight excluding hydrogens is 264 g/mol. The van der Waals surface area contributed by atoms with Crippen LogP contribution in [0.2, 0.25) is 0 Å². The zero-order valence-electron chi connectivity index (χ0n) is 12.1. The number of carbonyl (C=O) groups excluding carboxylic acids is 1. The minimum atomic E-state index is -0.201. The predicted octanol–water partition coefficient (Wildman–Crippen LogP) is 3.42. The molecule has 1 saturated carbocycles. The molecule has 1 aliphatic carbocycles. The third kappa shape index (κ3) is 3.72. The van der Waals surface area contributed by atoms with Gasteiger partial charge in [-0.2, -0.15) is 5.10 Å². The highest BCUT2D eigenvalue weighted by Crippen LogP contribution is 2.21. The van der Waals surface area contributed by atoms with Gasteiger partial charge in [0.15, 0.2) is 0 Å². The van der Waals surface area contributed by atoms with Crippen molar-refractivity contribution in [3.63, 3.8) is 0 Å². The van der Waals surface area contributed by atoms with E-state index in [1.54, 1.807) is 6.20 Å². The molecule has 1 fully saturated rings. The standard InChI is InChI=1S/C17H20N2O2/c20-17(21-16-5-2-1-3-6-16)15-9-7-14(8-10-15)13-19-12-4-11-18-19/h4,7-12,16H,1-3,5-6,13H2. The van der Waals surface area contributed by atoms with Gasteiger partial charge in [0, 0.05) is 12.4 Å². The predicted molar refractivity (Wildman–Crippen MR) is 80.1 cm³/mol. The molecule has 110 valence electrons. The number of carbonyl (C=O) groups is 1. The summed E-state index contributed by atoms with van der Waals surface area (Å²) in [7, 11) is 0. The van der Waals surface area contributed by atoms with E-state index in [9.17, 15) is 4.79 Å². The third-order valence-corrected chi connectivity index (χ3v) is 3.92. The summed E-state index contributed by atoms with van der Waals surface area (Å²) in [5.41, 5.74) is 1.75. The Balaban J connectivity index is 1.59. The lowest BCUT2D eigenvalue weighted by Crippen LogP contribution is -2.20. The van der Waals surface area contributed by atoms with E-state index >= 15 is 0 Å². The van der Waals surface area contributed by atoms with Crippen molar-refractivity contribution in [2.24, 2.45) is 0 Å². The van der Waals surface area contributed by atoms with Crippen LogP contribution in [0.3, 0.4) is 0 Å². The maximum Gasteiger partial charge on any atom is 0.338 e. The van der Waals surface area contributed by atoms with Crippen LogP contribution in [-0.2, 0) is 11.3 Å². The molecule has 1 aromatic heterocycles. The number of hydrogen-bond acceptors (Lipinski definition) is 3. The third-order valence-electron chi connectivity index (χ3n) is 3.92. The molecule has 1 aliphatic rings. The topological polar surface area (TPSA) is 44.1 Å². The number of rotatable bonds is 4. The van der Waals surface area contributed by atoms with Crippen LogP contribution in [0.15, 0.2) is 42.7 Å². The number of benzene rings is 1. The van der Waals surface area contributed by atoms with E-state index in [1.165, 1.54) is 19.3 Å². The first-order valence-electron chi connectivity index (χ1n) is 7.58. The smallest absolute Gasteiger partial charge is 0.338 e. The molecule has 1 aromatic carbocycles. The van der Waals surface area contributed by atoms with E-state index < -0.39 is 0 Å². The Hall–Kier alpha value is -2.10. The molecule has 21 heavy (non-hydrogen) atoms. The Bertz CT molecular complexity index is 569. The van der Waals surface area contributed by atoms with Crippen LogP contribution in [0.4, 0.5) is 0 Å². The summed E-state index contributed by atoms with van der Waals surface area (Å²) in [6.07, 6.45) is 9.39. The highest BCUT2D eigenvalue weighted by Gasteiger charge is 2.18. The molecule has 3 rings (SSSR count). The Morgan fingerprint density at radius 3 is 2.62 bits per heavy atom. The summed E-state index contributed by atoms with van der Waals surface area (Å²) < 4.78 is 7.42. The second-order valence-corrected chi connectivity index (χ2v) is 5.57. The van der Waals surface area contributed by atoms with Gasteiger partial charge in [0.25, 0.3) is 0 Å². The highest BCUT2D eigenvalue weighted by atomic mass is 16.5. The van der Waals surface area contributed by atoms with Crippen LogP contribution >= 0.6 is 0 Å². The van der Waals surface area contributed by atoms with E-state index in [0.717, 1.165) is 18.4 Å². The largest absolute Gasteiger partial charge is 0.459 e. The monoisotopic (exact) mass is 284 g/mol. The van der Waals surface area contributed by atoms with Gasteiger partial charge in [-0.1, -0.05) is 18.6 Å². The van der Waals surface area contributed by atoms with Crippen molar-refractivity contribution in [3.05, 3.63) is 53.9 Å². The van der Waals surface area contributed by atoms with Gasteiger partial charge in [-0.25, -0.2) is 4.79 Å². The Kier molecular flexibility index (Phi) is 4.34. The van der Waals surface area contributed by atoms with E-state index in [4.69, 9.17) is 4.74 Å². The number of esters is 1. The van der Waals surface area contributed by atoms with Crippen LogP contribution in [0, 0.1) is 0 Å². The molecule has 4 heteroatoms. The first-order valence-corrected chi connectivity index (χ1v) is 7.58. The molecule has 0 atom stereocenters.